The van der Waals surface area contributed by atoms with Crippen LogP contribution in [0.2, 0.25) is 0 Å². The summed E-state index contributed by atoms with van der Waals surface area (Å²) in [4.78, 5) is 8.78. The van der Waals surface area contributed by atoms with Crippen LogP contribution in [0.15, 0.2) is 0 Å². The van der Waals surface area contributed by atoms with Crippen LogP contribution in [-0.2, 0) is 0 Å². The third kappa shape index (κ3) is 4.76. The Morgan fingerprint density at radius 1 is 1.19 bits per heavy atom. The summed E-state index contributed by atoms with van der Waals surface area (Å²) in [7, 11) is 0. The third-order valence-corrected chi connectivity index (χ3v) is 3.77. The van der Waals surface area contributed by atoms with E-state index in [9.17, 15) is 0 Å². The first-order valence-corrected chi connectivity index (χ1v) is 8.09. The van der Waals surface area contributed by atoms with Crippen molar-refractivity contribution >= 4 is 11.5 Å². The van der Waals surface area contributed by atoms with Crippen molar-refractivity contribution in [2.45, 2.75) is 65.3 Å². The molecule has 3 N–H and O–H groups in total. The molecular weight excluding hydrogens is 264 g/mol. The van der Waals surface area contributed by atoms with Crippen molar-refractivity contribution in [3.63, 3.8) is 0 Å². The van der Waals surface area contributed by atoms with Crippen LogP contribution >= 0.6 is 0 Å². The molecule has 5 nitrogen and oxygen atoms in total. The van der Waals surface area contributed by atoms with Gasteiger partial charge in [0.05, 0.1) is 6.61 Å². The molecule has 2 rings (SSSR count). The van der Waals surface area contributed by atoms with Crippen molar-refractivity contribution in [2.75, 3.05) is 17.7 Å². The quantitative estimate of drug-likeness (QED) is 0.812. The first kappa shape index (κ1) is 15.9. The van der Waals surface area contributed by atoms with Gasteiger partial charge in [-0.2, -0.15) is 4.98 Å². The fraction of sp³-hybridized carbons (Fsp3) is 0.750. The van der Waals surface area contributed by atoms with Crippen molar-refractivity contribution < 1.29 is 4.74 Å². The van der Waals surface area contributed by atoms with Crippen LogP contribution in [0.4, 0.5) is 11.5 Å². The second kappa shape index (κ2) is 7.48. The largest absolute Gasteiger partial charge is 0.476 e. The van der Waals surface area contributed by atoms with E-state index in [4.69, 9.17) is 10.5 Å². The molecule has 0 amide bonds. The van der Waals surface area contributed by atoms with Gasteiger partial charge >= 0.3 is 0 Å². The molecule has 0 radical (unpaired) electrons. The van der Waals surface area contributed by atoms with E-state index < -0.39 is 0 Å². The van der Waals surface area contributed by atoms with Gasteiger partial charge in [0, 0.05) is 6.04 Å². The van der Waals surface area contributed by atoms with E-state index in [1.54, 1.807) is 0 Å². The summed E-state index contributed by atoms with van der Waals surface area (Å²) in [5.74, 6) is 2.37. The normalized spacial score (nSPS) is 16.8. The van der Waals surface area contributed by atoms with Gasteiger partial charge in [0.25, 0.3) is 0 Å². The van der Waals surface area contributed by atoms with E-state index >= 15 is 0 Å². The molecule has 21 heavy (non-hydrogen) atoms. The summed E-state index contributed by atoms with van der Waals surface area (Å²) in [6.07, 6.45) is 7.59. The second-order valence-electron chi connectivity index (χ2n) is 6.38. The molecule has 0 spiro atoms. The second-order valence-corrected chi connectivity index (χ2v) is 6.38. The van der Waals surface area contributed by atoms with E-state index in [2.05, 4.69) is 29.1 Å². The Morgan fingerprint density at radius 3 is 2.48 bits per heavy atom. The van der Waals surface area contributed by atoms with Crippen LogP contribution in [-0.4, -0.2) is 22.6 Å². The highest BCUT2D eigenvalue weighted by molar-refractivity contribution is 5.67. The lowest BCUT2D eigenvalue weighted by molar-refractivity contribution is 0.262. The molecule has 0 unspecified atom stereocenters. The maximum Gasteiger partial charge on any atom is 0.242 e. The van der Waals surface area contributed by atoms with Gasteiger partial charge in [-0.25, -0.2) is 4.98 Å². The molecule has 1 fully saturated rings. The van der Waals surface area contributed by atoms with Crippen molar-refractivity contribution in [3.8, 4) is 5.88 Å². The van der Waals surface area contributed by atoms with Crippen LogP contribution in [0.25, 0.3) is 0 Å². The number of aromatic nitrogens is 2. The highest BCUT2D eigenvalue weighted by Crippen LogP contribution is 2.29. The molecule has 118 valence electrons. The number of aryl methyl sites for hydroxylation is 1. The van der Waals surface area contributed by atoms with Gasteiger partial charge in [-0.05, 0) is 25.7 Å². The first-order valence-electron chi connectivity index (χ1n) is 8.09. The lowest BCUT2D eigenvalue weighted by Crippen LogP contribution is -2.21. The van der Waals surface area contributed by atoms with Crippen molar-refractivity contribution in [1.29, 1.82) is 0 Å². The summed E-state index contributed by atoms with van der Waals surface area (Å²) in [6.45, 7) is 6.70. The molecule has 0 aromatic carbocycles. The van der Waals surface area contributed by atoms with Gasteiger partial charge in [0.15, 0.2) is 5.82 Å². The average molecular weight is 292 g/mol. The Kier molecular flexibility index (Phi) is 5.65. The van der Waals surface area contributed by atoms with E-state index in [-0.39, 0.29) is 0 Å². The first-order chi connectivity index (χ1) is 10.1. The van der Waals surface area contributed by atoms with Crippen molar-refractivity contribution in [1.82, 2.24) is 9.97 Å². The number of hydrogen-bond acceptors (Lipinski definition) is 5. The highest BCUT2D eigenvalue weighted by atomic mass is 16.5. The summed E-state index contributed by atoms with van der Waals surface area (Å²) in [5, 5.41) is 3.50. The smallest absolute Gasteiger partial charge is 0.242 e. The van der Waals surface area contributed by atoms with Gasteiger partial charge in [-0.1, -0.05) is 39.5 Å². The Balaban J connectivity index is 2.10. The molecule has 0 atom stereocenters. The minimum Gasteiger partial charge on any atom is -0.476 e. The lowest BCUT2D eigenvalue weighted by atomic mass is 10.1. The number of nitrogen functional groups attached to an aromatic ring is 1. The fourth-order valence-electron chi connectivity index (χ4n) is 2.64. The van der Waals surface area contributed by atoms with E-state index in [1.807, 2.05) is 6.92 Å². The monoisotopic (exact) mass is 292 g/mol. The van der Waals surface area contributed by atoms with E-state index in [0.717, 1.165) is 5.82 Å². The predicted molar refractivity (Wildman–Crippen MR) is 86.6 cm³/mol. The lowest BCUT2D eigenvalue weighted by Gasteiger charge is -2.19. The van der Waals surface area contributed by atoms with E-state index in [1.165, 1.54) is 38.5 Å². The number of nitrogens with two attached hydrogens (primary N) is 1. The molecule has 1 heterocycles. The molecular formula is C16H28N4O. The van der Waals surface area contributed by atoms with Crippen molar-refractivity contribution in [3.05, 3.63) is 5.82 Å². The molecule has 0 saturated heterocycles. The molecule has 1 aromatic rings. The number of nitrogens with one attached hydrogen (secondary N) is 1. The number of hydrogen-bond donors (Lipinski definition) is 2. The zero-order valence-electron chi connectivity index (χ0n) is 13.5. The maximum atomic E-state index is 6.18. The predicted octanol–water partition coefficient (Wildman–Crippen LogP) is 3.54. The van der Waals surface area contributed by atoms with Gasteiger partial charge in [0.2, 0.25) is 5.88 Å². The van der Waals surface area contributed by atoms with Crippen molar-refractivity contribution in [2.24, 2.45) is 5.92 Å². The topological polar surface area (TPSA) is 73.1 Å². The average Bonchev–Trinajstić information content (AvgIpc) is 2.69. The number of nitrogens with zero attached hydrogens (tertiary/aromatic N) is 2. The molecule has 5 heteroatoms. The minimum absolute atomic E-state index is 0.443. The summed E-state index contributed by atoms with van der Waals surface area (Å²) < 4.78 is 5.72. The highest BCUT2D eigenvalue weighted by Gasteiger charge is 2.17. The number of anilines is 2. The molecule has 1 saturated carbocycles. The summed E-state index contributed by atoms with van der Waals surface area (Å²) >= 11 is 0. The molecule has 1 aliphatic carbocycles. The van der Waals surface area contributed by atoms with E-state index in [0.29, 0.717) is 36.0 Å². The van der Waals surface area contributed by atoms with Gasteiger partial charge in [-0.3, -0.25) is 0 Å². The SMILES string of the molecule is Cc1nc(NC2CCCCCC2)c(N)c(OCC(C)C)n1. The van der Waals surface area contributed by atoms with Crippen LogP contribution < -0.4 is 15.8 Å². The number of rotatable bonds is 5. The van der Waals surface area contributed by atoms with Crippen LogP contribution in [0.5, 0.6) is 5.88 Å². The van der Waals surface area contributed by atoms with Gasteiger partial charge in [0.1, 0.15) is 11.5 Å². The Morgan fingerprint density at radius 2 is 1.86 bits per heavy atom. The van der Waals surface area contributed by atoms with Crippen LogP contribution in [0.3, 0.4) is 0 Å². The Hall–Kier alpha value is -1.52. The zero-order chi connectivity index (χ0) is 15.2. The maximum absolute atomic E-state index is 6.18. The zero-order valence-corrected chi connectivity index (χ0v) is 13.5. The molecule has 1 aromatic heterocycles. The van der Waals surface area contributed by atoms with Gasteiger partial charge < -0.3 is 15.8 Å². The standard InChI is InChI=1S/C16H28N4O/c1-11(2)10-21-16-14(17)15(18-12(3)19-16)20-13-8-6-4-5-7-9-13/h11,13H,4-10,17H2,1-3H3,(H,18,19,20). The van der Waals surface area contributed by atoms with Crippen LogP contribution in [0, 0.1) is 12.8 Å². The fourth-order valence-corrected chi connectivity index (χ4v) is 2.64. The summed E-state index contributed by atoms with van der Waals surface area (Å²) in [5.41, 5.74) is 6.72. The number of ether oxygens (including phenoxy) is 1. The molecule has 0 bridgehead atoms. The Labute approximate surface area is 127 Å². The van der Waals surface area contributed by atoms with Crippen LogP contribution in [0.1, 0.15) is 58.2 Å². The third-order valence-electron chi connectivity index (χ3n) is 3.77. The van der Waals surface area contributed by atoms with Gasteiger partial charge in [-0.15, -0.1) is 0 Å². The summed E-state index contributed by atoms with van der Waals surface area (Å²) in [6, 6.07) is 0.460. The Bertz CT molecular complexity index is 454. The minimum atomic E-state index is 0.443. The molecule has 1 aliphatic rings. The molecule has 0 aliphatic heterocycles.